The van der Waals surface area contributed by atoms with Gasteiger partial charge in [0.05, 0.1) is 0 Å². The minimum Gasteiger partial charge on any atom is -0.508 e. The molecule has 0 radical (unpaired) electrons. The van der Waals surface area contributed by atoms with Crippen LogP contribution in [0.3, 0.4) is 0 Å². The highest BCUT2D eigenvalue weighted by atomic mass is 79.9. The number of halogens is 1. The first-order valence-corrected chi connectivity index (χ1v) is 7.74. The summed E-state index contributed by atoms with van der Waals surface area (Å²) in [6.45, 7) is 1.95. The van der Waals surface area contributed by atoms with Gasteiger partial charge in [0.2, 0.25) is 0 Å². The van der Waals surface area contributed by atoms with Gasteiger partial charge in [0.1, 0.15) is 17.2 Å². The van der Waals surface area contributed by atoms with E-state index in [0.29, 0.717) is 17.7 Å². The number of phenols is 2. The summed E-state index contributed by atoms with van der Waals surface area (Å²) in [7, 11) is 0. The first-order valence-electron chi connectivity index (χ1n) is 6.95. The smallest absolute Gasteiger partial charge is 0.128 e. The molecule has 0 unspecified atom stereocenters. The molecule has 0 saturated carbocycles. The molecule has 0 aliphatic carbocycles. The summed E-state index contributed by atoms with van der Waals surface area (Å²) in [5, 5.41) is 27.1. The van der Waals surface area contributed by atoms with Gasteiger partial charge >= 0.3 is 0 Å². The lowest BCUT2D eigenvalue weighted by atomic mass is 9.98. The number of nitrogens with zero attached hydrogens (tertiary/aromatic N) is 1. The van der Waals surface area contributed by atoms with Crippen LogP contribution in [0, 0.1) is 0 Å². The number of H-pyrrole nitrogens is 1. The van der Waals surface area contributed by atoms with Crippen LogP contribution in [0.5, 0.6) is 11.5 Å². The molecule has 1 aromatic heterocycles. The van der Waals surface area contributed by atoms with E-state index in [1.165, 1.54) is 6.07 Å². The van der Waals surface area contributed by atoms with Crippen LogP contribution in [0.15, 0.2) is 47.1 Å². The Balaban J connectivity index is 2.15. The summed E-state index contributed by atoms with van der Waals surface area (Å²) in [6.07, 6.45) is 2.48. The number of aryl methyl sites for hydroxylation is 1. The maximum Gasteiger partial charge on any atom is 0.128 e. The van der Waals surface area contributed by atoms with Crippen LogP contribution in [0.25, 0.3) is 22.4 Å². The van der Waals surface area contributed by atoms with E-state index >= 15 is 0 Å². The molecule has 5 heteroatoms. The van der Waals surface area contributed by atoms with Crippen molar-refractivity contribution < 1.29 is 10.2 Å². The van der Waals surface area contributed by atoms with Gasteiger partial charge in [-0.1, -0.05) is 35.0 Å². The number of nitrogens with one attached hydrogen (secondary N) is 1. The highest BCUT2D eigenvalue weighted by Gasteiger charge is 2.16. The number of hydrogen-bond donors (Lipinski definition) is 3. The van der Waals surface area contributed by atoms with Crippen molar-refractivity contribution in [3.8, 4) is 33.9 Å². The van der Waals surface area contributed by atoms with Gasteiger partial charge < -0.3 is 10.2 Å². The normalized spacial score (nSPS) is 10.8. The summed E-state index contributed by atoms with van der Waals surface area (Å²) in [5.41, 5.74) is 3.94. The summed E-state index contributed by atoms with van der Waals surface area (Å²) in [6, 6.07) is 11.0. The van der Waals surface area contributed by atoms with Gasteiger partial charge in [0, 0.05) is 27.9 Å². The SMILES string of the molecule is CCc1cc(-c2n[nH]cc2-c2ccc(Br)cc2)c(O)cc1O. The zero-order valence-electron chi connectivity index (χ0n) is 12.0. The molecule has 0 aliphatic heterocycles. The van der Waals surface area contributed by atoms with Crippen LogP contribution >= 0.6 is 15.9 Å². The second kappa shape index (κ2) is 5.85. The lowest BCUT2D eigenvalue weighted by molar-refractivity contribution is 0.447. The Bertz CT molecular complexity index is 810. The Hall–Kier alpha value is -2.27. The monoisotopic (exact) mass is 358 g/mol. The fourth-order valence-corrected chi connectivity index (χ4v) is 2.70. The fraction of sp³-hybridized carbons (Fsp3) is 0.118. The summed E-state index contributed by atoms with van der Waals surface area (Å²) in [5.74, 6) is 0.115. The lowest BCUT2D eigenvalue weighted by Gasteiger charge is -2.09. The van der Waals surface area contributed by atoms with Crippen molar-refractivity contribution in [1.82, 2.24) is 10.2 Å². The molecule has 3 rings (SSSR count). The van der Waals surface area contributed by atoms with Gasteiger partial charge in [0.15, 0.2) is 0 Å². The van der Waals surface area contributed by atoms with E-state index in [1.807, 2.05) is 31.2 Å². The van der Waals surface area contributed by atoms with E-state index in [2.05, 4.69) is 26.1 Å². The molecule has 4 nitrogen and oxygen atoms in total. The summed E-state index contributed by atoms with van der Waals surface area (Å²) >= 11 is 3.42. The van der Waals surface area contributed by atoms with E-state index in [0.717, 1.165) is 21.2 Å². The number of aromatic amines is 1. The highest BCUT2D eigenvalue weighted by molar-refractivity contribution is 9.10. The largest absolute Gasteiger partial charge is 0.508 e. The third-order valence-corrected chi connectivity index (χ3v) is 4.16. The van der Waals surface area contributed by atoms with Gasteiger partial charge in [-0.15, -0.1) is 0 Å². The molecule has 3 N–H and O–H groups in total. The predicted molar refractivity (Wildman–Crippen MR) is 89.9 cm³/mol. The minimum absolute atomic E-state index is 0.0140. The molecule has 0 aliphatic rings. The number of hydrogen-bond acceptors (Lipinski definition) is 3. The van der Waals surface area contributed by atoms with Crippen molar-refractivity contribution in [2.24, 2.45) is 0 Å². The second-order valence-corrected chi connectivity index (χ2v) is 5.92. The third-order valence-electron chi connectivity index (χ3n) is 3.63. The van der Waals surface area contributed by atoms with Crippen molar-refractivity contribution >= 4 is 15.9 Å². The number of aromatic nitrogens is 2. The zero-order valence-corrected chi connectivity index (χ0v) is 13.6. The molecule has 1 heterocycles. The molecule has 0 spiro atoms. The Morgan fingerprint density at radius 3 is 2.45 bits per heavy atom. The second-order valence-electron chi connectivity index (χ2n) is 5.01. The molecule has 112 valence electrons. The molecule has 0 bridgehead atoms. The van der Waals surface area contributed by atoms with Crippen molar-refractivity contribution in [3.05, 3.63) is 52.6 Å². The molecular formula is C17H15BrN2O2. The molecular weight excluding hydrogens is 344 g/mol. The molecule has 0 fully saturated rings. The molecule has 3 aromatic rings. The van der Waals surface area contributed by atoms with Crippen LogP contribution in [-0.2, 0) is 6.42 Å². The molecule has 0 atom stereocenters. The van der Waals surface area contributed by atoms with E-state index < -0.39 is 0 Å². The zero-order chi connectivity index (χ0) is 15.7. The summed E-state index contributed by atoms with van der Waals surface area (Å²) in [4.78, 5) is 0. The number of phenolic OH excluding ortho intramolecular Hbond substituents is 2. The van der Waals surface area contributed by atoms with Gasteiger partial charge in [0.25, 0.3) is 0 Å². The molecule has 0 saturated heterocycles. The molecule has 22 heavy (non-hydrogen) atoms. The highest BCUT2D eigenvalue weighted by Crippen LogP contribution is 2.38. The summed E-state index contributed by atoms with van der Waals surface area (Å²) < 4.78 is 1.00. The van der Waals surface area contributed by atoms with Crippen LogP contribution < -0.4 is 0 Å². The van der Waals surface area contributed by atoms with Gasteiger partial charge in [-0.2, -0.15) is 5.10 Å². The van der Waals surface area contributed by atoms with Gasteiger partial charge in [-0.3, -0.25) is 5.10 Å². The van der Waals surface area contributed by atoms with E-state index in [-0.39, 0.29) is 11.5 Å². The van der Waals surface area contributed by atoms with E-state index in [9.17, 15) is 10.2 Å². The van der Waals surface area contributed by atoms with Gasteiger partial charge in [-0.25, -0.2) is 0 Å². The van der Waals surface area contributed by atoms with Crippen molar-refractivity contribution in [2.45, 2.75) is 13.3 Å². The lowest BCUT2D eigenvalue weighted by Crippen LogP contribution is -1.88. The molecule has 2 aromatic carbocycles. The Morgan fingerprint density at radius 1 is 1.05 bits per heavy atom. The quantitative estimate of drug-likeness (QED) is 0.646. The fourth-order valence-electron chi connectivity index (χ4n) is 2.44. The maximum atomic E-state index is 10.2. The first-order chi connectivity index (χ1) is 10.6. The minimum atomic E-state index is 0.0140. The third kappa shape index (κ3) is 2.60. The Kier molecular flexibility index (Phi) is 3.90. The standard InChI is InChI=1S/C17H15BrN2O2/c1-2-10-7-13(16(22)8-15(10)21)17-14(9-19-20-17)11-3-5-12(18)6-4-11/h3-9,21-22H,2H2,1H3,(H,19,20). The van der Waals surface area contributed by atoms with Crippen LogP contribution in [-0.4, -0.2) is 20.4 Å². The van der Waals surface area contributed by atoms with E-state index in [1.54, 1.807) is 12.3 Å². The number of benzene rings is 2. The Labute approximate surface area is 136 Å². The Morgan fingerprint density at radius 2 is 1.77 bits per heavy atom. The average molecular weight is 359 g/mol. The predicted octanol–water partition coefficient (Wildman–Crippen LogP) is 4.48. The van der Waals surface area contributed by atoms with Crippen molar-refractivity contribution in [1.29, 1.82) is 0 Å². The maximum absolute atomic E-state index is 10.2. The van der Waals surface area contributed by atoms with Crippen LogP contribution in [0.1, 0.15) is 12.5 Å². The van der Waals surface area contributed by atoms with Crippen molar-refractivity contribution in [3.63, 3.8) is 0 Å². The van der Waals surface area contributed by atoms with Crippen LogP contribution in [0.4, 0.5) is 0 Å². The topological polar surface area (TPSA) is 69.1 Å². The van der Waals surface area contributed by atoms with Gasteiger partial charge in [-0.05, 0) is 35.7 Å². The average Bonchev–Trinajstić information content (AvgIpc) is 2.97. The van der Waals surface area contributed by atoms with Crippen LogP contribution in [0.2, 0.25) is 0 Å². The van der Waals surface area contributed by atoms with Crippen molar-refractivity contribution in [2.75, 3.05) is 0 Å². The number of aromatic hydroxyl groups is 2. The van der Waals surface area contributed by atoms with E-state index in [4.69, 9.17) is 0 Å². The first kappa shape index (κ1) is 14.7. The molecule has 0 amide bonds. The number of rotatable bonds is 3.